The van der Waals surface area contributed by atoms with E-state index in [0.717, 1.165) is 28.6 Å². The molecule has 0 radical (unpaired) electrons. The molecule has 2 aromatic carbocycles. The van der Waals surface area contributed by atoms with E-state index in [0.29, 0.717) is 28.9 Å². The van der Waals surface area contributed by atoms with Crippen LogP contribution in [0.2, 0.25) is 0 Å². The Bertz CT molecular complexity index is 1390. The number of guanidine groups is 1. The van der Waals surface area contributed by atoms with Crippen LogP contribution in [0, 0.1) is 0 Å². The Balaban J connectivity index is 0.00000462. The lowest BCUT2D eigenvalue weighted by molar-refractivity contribution is -0.884. The standard InChI is InChI=1S/C28H33ClN6O3S2.ClH/c1-35(2,14-6-12-32-28(30)31)13-5-9-20-16-40-27-23(26(38)34(27)24(20)25(29)37)33-22(36)17-39-21-11-10-18-7-3-4-8-19(18)15-21;/h3-5,7-11,15,23,27H,6,12-14,16-17H2,1-2H3,(H4-,30,31,32,33,36);1H/p+1/b9-5+;/t23-,27-;/m1./s1. The van der Waals surface area contributed by atoms with Crippen molar-refractivity contribution in [2.24, 2.45) is 16.5 Å². The molecule has 0 aromatic heterocycles. The van der Waals surface area contributed by atoms with Crippen LogP contribution in [0.4, 0.5) is 0 Å². The van der Waals surface area contributed by atoms with Crippen molar-refractivity contribution < 1.29 is 18.9 Å². The van der Waals surface area contributed by atoms with E-state index in [4.69, 9.17) is 23.1 Å². The van der Waals surface area contributed by atoms with E-state index in [1.54, 1.807) is 0 Å². The maximum absolute atomic E-state index is 13.0. The van der Waals surface area contributed by atoms with Crippen LogP contribution >= 0.6 is 47.5 Å². The second-order valence-corrected chi connectivity index (χ2v) is 12.8. The maximum Gasteiger partial charge on any atom is 0.269 e. The Morgan fingerprint density at radius 2 is 1.95 bits per heavy atom. The first-order valence-corrected chi connectivity index (χ1v) is 15.3. The number of carbonyl (C=O) groups excluding carboxylic acids is 3. The summed E-state index contributed by atoms with van der Waals surface area (Å²) in [6.07, 6.45) is 4.69. The molecule has 0 saturated carbocycles. The molecule has 5 N–H and O–H groups in total. The summed E-state index contributed by atoms with van der Waals surface area (Å²) in [6, 6.07) is 13.4. The second-order valence-electron chi connectivity index (χ2n) is 10.3. The Morgan fingerprint density at radius 3 is 2.66 bits per heavy atom. The third-order valence-corrected chi connectivity index (χ3v) is 9.20. The van der Waals surface area contributed by atoms with Crippen molar-refractivity contribution in [2.45, 2.75) is 22.7 Å². The highest BCUT2D eigenvalue weighted by molar-refractivity contribution is 8.00. The molecule has 1 fully saturated rings. The summed E-state index contributed by atoms with van der Waals surface area (Å²) in [7, 11) is 4.19. The Kier molecular flexibility index (Phi) is 11.6. The summed E-state index contributed by atoms with van der Waals surface area (Å²) >= 11 is 8.87. The third-order valence-electron chi connectivity index (χ3n) is 6.73. The number of allylic oxidation sites excluding steroid dienone is 2. The Labute approximate surface area is 259 Å². The lowest BCUT2D eigenvalue weighted by Crippen LogP contribution is -2.70. The number of nitrogens with two attached hydrogens (primary N) is 2. The molecule has 220 valence electrons. The fourth-order valence-electron chi connectivity index (χ4n) is 4.65. The van der Waals surface area contributed by atoms with Gasteiger partial charge >= 0.3 is 0 Å². The lowest BCUT2D eigenvalue weighted by atomic mass is 10.0. The molecule has 2 aliphatic rings. The van der Waals surface area contributed by atoms with Gasteiger partial charge in [-0.15, -0.1) is 35.9 Å². The fraction of sp³-hybridized carbons (Fsp3) is 0.357. The van der Waals surface area contributed by atoms with Gasteiger partial charge in [0.1, 0.15) is 17.1 Å². The summed E-state index contributed by atoms with van der Waals surface area (Å²) in [5.74, 6) is 0.224. The molecule has 9 nitrogen and oxygen atoms in total. The van der Waals surface area contributed by atoms with Gasteiger partial charge in [-0.1, -0.05) is 36.4 Å². The van der Waals surface area contributed by atoms with Crippen molar-refractivity contribution in [1.29, 1.82) is 0 Å². The highest BCUT2D eigenvalue weighted by Crippen LogP contribution is 2.41. The van der Waals surface area contributed by atoms with Crippen molar-refractivity contribution in [1.82, 2.24) is 10.2 Å². The molecule has 2 aliphatic heterocycles. The number of carbonyl (C=O) groups is 3. The third kappa shape index (κ3) is 8.42. The summed E-state index contributed by atoms with van der Waals surface area (Å²) < 4.78 is 0.706. The average molecular weight is 639 g/mol. The summed E-state index contributed by atoms with van der Waals surface area (Å²) in [6.45, 7) is 2.15. The molecule has 2 heterocycles. The number of fused-ring (bicyclic) bond motifs is 2. The van der Waals surface area contributed by atoms with Crippen molar-refractivity contribution in [3.8, 4) is 0 Å². The van der Waals surface area contributed by atoms with Crippen LogP contribution in [0.1, 0.15) is 6.42 Å². The number of β-lactam (4-membered cyclic amide) rings is 1. The van der Waals surface area contributed by atoms with E-state index in [1.807, 2.05) is 54.6 Å². The molecule has 0 bridgehead atoms. The normalized spacial score (nSPS) is 18.5. The number of aliphatic imine (C=N–C) groups is 1. The van der Waals surface area contributed by atoms with Gasteiger partial charge in [0, 0.05) is 23.6 Å². The van der Waals surface area contributed by atoms with Crippen LogP contribution in [-0.4, -0.2) is 89.1 Å². The van der Waals surface area contributed by atoms with Gasteiger partial charge in [0.2, 0.25) is 5.91 Å². The molecular formula is C28H35Cl2N6O3S2+. The van der Waals surface area contributed by atoms with Gasteiger partial charge in [-0.3, -0.25) is 24.3 Å². The second kappa shape index (κ2) is 14.5. The summed E-state index contributed by atoms with van der Waals surface area (Å²) in [5.41, 5.74) is 11.7. The van der Waals surface area contributed by atoms with E-state index in [2.05, 4.69) is 24.4 Å². The Morgan fingerprint density at radius 1 is 1.22 bits per heavy atom. The van der Waals surface area contributed by atoms with Crippen LogP contribution < -0.4 is 16.8 Å². The van der Waals surface area contributed by atoms with E-state index < -0.39 is 11.3 Å². The Hall–Kier alpha value is -2.70. The van der Waals surface area contributed by atoms with Gasteiger partial charge in [-0.2, -0.15) is 0 Å². The molecule has 2 amide bonds. The largest absolute Gasteiger partial charge is 0.370 e. The minimum Gasteiger partial charge on any atom is -0.370 e. The van der Waals surface area contributed by atoms with Gasteiger partial charge < -0.3 is 21.3 Å². The molecular weight excluding hydrogens is 603 g/mol. The smallest absolute Gasteiger partial charge is 0.269 e. The zero-order valence-corrected chi connectivity index (χ0v) is 26.1. The van der Waals surface area contributed by atoms with Gasteiger partial charge in [-0.05, 0) is 46.2 Å². The highest BCUT2D eigenvalue weighted by atomic mass is 35.5. The molecule has 0 spiro atoms. The predicted octanol–water partition coefficient (Wildman–Crippen LogP) is 3.07. The zero-order chi connectivity index (χ0) is 28.9. The predicted molar refractivity (Wildman–Crippen MR) is 171 cm³/mol. The number of thioether (sulfide) groups is 2. The number of amides is 2. The first-order chi connectivity index (χ1) is 19.1. The quantitative estimate of drug-likeness (QED) is 0.0620. The molecule has 2 atom stereocenters. The number of nitrogens with zero attached hydrogens (tertiary/aromatic N) is 3. The molecule has 41 heavy (non-hydrogen) atoms. The molecule has 1 saturated heterocycles. The average Bonchev–Trinajstić information content (AvgIpc) is 2.92. The number of nitrogens with one attached hydrogen (secondary N) is 1. The molecule has 13 heteroatoms. The zero-order valence-electron chi connectivity index (χ0n) is 22.9. The van der Waals surface area contributed by atoms with Crippen molar-refractivity contribution in [3.63, 3.8) is 0 Å². The van der Waals surface area contributed by atoms with Gasteiger partial charge in [0.05, 0.1) is 32.9 Å². The summed E-state index contributed by atoms with van der Waals surface area (Å²) in [4.78, 5) is 44.5. The van der Waals surface area contributed by atoms with E-state index >= 15 is 0 Å². The van der Waals surface area contributed by atoms with Crippen LogP contribution in [0.3, 0.4) is 0 Å². The lowest BCUT2D eigenvalue weighted by Gasteiger charge is -2.49. The van der Waals surface area contributed by atoms with Crippen LogP contribution in [0.15, 0.2) is 75.8 Å². The summed E-state index contributed by atoms with van der Waals surface area (Å²) in [5, 5.41) is 4.05. The number of likely N-dealkylation sites (N-methyl/N-ethyl adjacent to an activating group) is 1. The number of hydrogen-bond acceptors (Lipinski definition) is 6. The van der Waals surface area contributed by atoms with Crippen LogP contribution in [0.5, 0.6) is 0 Å². The van der Waals surface area contributed by atoms with Crippen LogP contribution in [0.25, 0.3) is 10.8 Å². The monoisotopic (exact) mass is 637 g/mol. The van der Waals surface area contributed by atoms with E-state index in [9.17, 15) is 14.4 Å². The number of halogens is 2. The molecule has 0 aliphatic carbocycles. The number of hydrogen-bond donors (Lipinski definition) is 3. The number of quaternary nitrogens is 1. The van der Waals surface area contributed by atoms with E-state index in [1.165, 1.54) is 28.4 Å². The van der Waals surface area contributed by atoms with Gasteiger partial charge in [0.25, 0.3) is 11.1 Å². The van der Waals surface area contributed by atoms with Crippen molar-refractivity contribution >= 4 is 81.3 Å². The van der Waals surface area contributed by atoms with Crippen molar-refractivity contribution in [2.75, 3.05) is 45.2 Å². The molecule has 0 unspecified atom stereocenters. The van der Waals surface area contributed by atoms with E-state index in [-0.39, 0.29) is 47.0 Å². The fourth-order valence-corrected chi connectivity index (χ4v) is 6.94. The minimum atomic E-state index is -0.688. The topological polar surface area (TPSA) is 131 Å². The van der Waals surface area contributed by atoms with Crippen molar-refractivity contribution in [3.05, 3.63) is 65.9 Å². The first kappa shape index (κ1) is 32.8. The molecule has 2 aromatic rings. The number of rotatable bonds is 12. The molecule has 4 rings (SSSR count). The number of benzene rings is 2. The first-order valence-electron chi connectivity index (χ1n) is 12.9. The van der Waals surface area contributed by atoms with Gasteiger partial charge in [-0.25, -0.2) is 0 Å². The van der Waals surface area contributed by atoms with Gasteiger partial charge in [0.15, 0.2) is 5.96 Å². The van der Waals surface area contributed by atoms with Crippen LogP contribution in [-0.2, 0) is 14.4 Å². The maximum atomic E-state index is 13.0. The highest BCUT2D eigenvalue weighted by Gasteiger charge is 2.53. The SMILES string of the molecule is C[N+](C)(C/C=C/C1=C(C(=O)Cl)N2C(=O)[C@@H](NC(=O)CSc3ccc4ccccc4c3)[C@H]2SC1)CCCN=C(N)N.Cl. The minimum absolute atomic E-state index is 0.